The van der Waals surface area contributed by atoms with Crippen LogP contribution in [0.15, 0.2) is 0 Å². The van der Waals surface area contributed by atoms with Gasteiger partial charge in [-0.05, 0) is 53.0 Å². The lowest BCUT2D eigenvalue weighted by atomic mass is 9.96. The number of carbonyl (C=O) groups excluding carboxylic acids is 1. The Morgan fingerprint density at radius 2 is 2.18 bits per heavy atom. The van der Waals surface area contributed by atoms with Gasteiger partial charge in [-0.15, -0.1) is 0 Å². The lowest BCUT2D eigenvalue weighted by Crippen LogP contribution is -2.51. The maximum absolute atomic E-state index is 11.7. The number of hydrogen-bond acceptors (Lipinski definition) is 3. The molecule has 3 N–H and O–H groups in total. The molecular weight excluding hydrogens is 214 g/mol. The van der Waals surface area contributed by atoms with Gasteiger partial charge in [0, 0.05) is 19.1 Å². The van der Waals surface area contributed by atoms with Crippen molar-refractivity contribution in [3.8, 4) is 0 Å². The maximum atomic E-state index is 11.7. The van der Waals surface area contributed by atoms with Crippen LogP contribution in [0.25, 0.3) is 0 Å². The lowest BCUT2D eigenvalue weighted by molar-refractivity contribution is -0.125. The summed E-state index contributed by atoms with van der Waals surface area (Å²) < 4.78 is 0. The van der Waals surface area contributed by atoms with Gasteiger partial charge in [-0.3, -0.25) is 4.79 Å². The van der Waals surface area contributed by atoms with Crippen molar-refractivity contribution in [2.24, 2.45) is 11.7 Å². The third kappa shape index (κ3) is 4.64. The Bertz CT molecular complexity index is 258. The molecule has 4 heteroatoms. The second kappa shape index (κ2) is 5.83. The molecule has 1 fully saturated rings. The molecule has 0 bridgehead atoms. The molecule has 0 aliphatic carbocycles. The van der Waals surface area contributed by atoms with Crippen LogP contribution in [-0.4, -0.2) is 42.0 Å². The summed E-state index contributed by atoms with van der Waals surface area (Å²) >= 11 is 0. The lowest BCUT2D eigenvalue weighted by Gasteiger charge is -2.35. The molecular formula is C13H27N3O. The van der Waals surface area contributed by atoms with Crippen LogP contribution in [0.5, 0.6) is 0 Å². The first-order chi connectivity index (χ1) is 7.80. The van der Waals surface area contributed by atoms with Crippen LogP contribution in [0.4, 0.5) is 0 Å². The molecule has 1 aliphatic rings. The molecule has 17 heavy (non-hydrogen) atoms. The van der Waals surface area contributed by atoms with Gasteiger partial charge in [0.05, 0.1) is 5.54 Å². The molecule has 0 aromatic rings. The van der Waals surface area contributed by atoms with Crippen molar-refractivity contribution in [3.05, 3.63) is 0 Å². The Kier molecular flexibility index (Phi) is 4.95. The third-order valence-electron chi connectivity index (χ3n) is 3.42. The van der Waals surface area contributed by atoms with E-state index >= 15 is 0 Å². The number of piperidine rings is 1. The second-order valence-corrected chi connectivity index (χ2v) is 6.03. The SMILES string of the molecule is CC(C)N1CCCC(CNC(=O)C(C)(C)N)C1. The van der Waals surface area contributed by atoms with Crippen LogP contribution in [0, 0.1) is 5.92 Å². The van der Waals surface area contributed by atoms with E-state index in [1.165, 1.54) is 19.4 Å². The van der Waals surface area contributed by atoms with Crippen LogP contribution in [0.2, 0.25) is 0 Å². The van der Waals surface area contributed by atoms with Crippen molar-refractivity contribution in [2.45, 2.75) is 52.1 Å². The van der Waals surface area contributed by atoms with Gasteiger partial charge in [0.25, 0.3) is 0 Å². The van der Waals surface area contributed by atoms with Crippen molar-refractivity contribution >= 4 is 5.91 Å². The molecule has 1 amide bonds. The van der Waals surface area contributed by atoms with E-state index in [1.807, 2.05) is 0 Å². The number of hydrogen-bond donors (Lipinski definition) is 2. The fraction of sp³-hybridized carbons (Fsp3) is 0.923. The van der Waals surface area contributed by atoms with E-state index in [1.54, 1.807) is 13.8 Å². The molecule has 4 nitrogen and oxygen atoms in total. The number of carbonyl (C=O) groups is 1. The van der Waals surface area contributed by atoms with Crippen LogP contribution in [0.3, 0.4) is 0 Å². The summed E-state index contributed by atoms with van der Waals surface area (Å²) in [6, 6.07) is 0.597. The highest BCUT2D eigenvalue weighted by Gasteiger charge is 2.25. The van der Waals surface area contributed by atoms with Gasteiger partial charge in [-0.25, -0.2) is 0 Å². The number of rotatable bonds is 4. The normalized spacial score (nSPS) is 22.8. The van der Waals surface area contributed by atoms with E-state index in [-0.39, 0.29) is 5.91 Å². The fourth-order valence-electron chi connectivity index (χ4n) is 2.20. The van der Waals surface area contributed by atoms with Crippen molar-refractivity contribution in [1.82, 2.24) is 10.2 Å². The van der Waals surface area contributed by atoms with Crippen LogP contribution >= 0.6 is 0 Å². The largest absolute Gasteiger partial charge is 0.354 e. The molecule has 1 atom stereocenters. The predicted molar refractivity (Wildman–Crippen MR) is 70.7 cm³/mol. The standard InChI is InChI=1S/C13H27N3O/c1-10(2)16-7-5-6-11(9-16)8-15-12(17)13(3,4)14/h10-11H,5-9,14H2,1-4H3,(H,15,17). The predicted octanol–water partition coefficient (Wildman–Crippen LogP) is 0.960. The summed E-state index contributed by atoms with van der Waals surface area (Å²) in [6.07, 6.45) is 2.43. The summed E-state index contributed by atoms with van der Waals surface area (Å²) in [7, 11) is 0. The van der Waals surface area contributed by atoms with Gasteiger partial charge < -0.3 is 16.0 Å². The monoisotopic (exact) mass is 241 g/mol. The first-order valence-electron chi connectivity index (χ1n) is 6.62. The number of amides is 1. The van der Waals surface area contributed by atoms with Crippen molar-refractivity contribution in [1.29, 1.82) is 0 Å². The van der Waals surface area contributed by atoms with Gasteiger partial charge in [-0.1, -0.05) is 0 Å². The summed E-state index contributed by atoms with van der Waals surface area (Å²) in [5, 5.41) is 2.96. The zero-order valence-electron chi connectivity index (χ0n) is 11.6. The topological polar surface area (TPSA) is 58.4 Å². The molecule has 1 aliphatic heterocycles. The first-order valence-corrected chi connectivity index (χ1v) is 6.62. The molecule has 0 aromatic carbocycles. The molecule has 1 saturated heterocycles. The van der Waals surface area contributed by atoms with Crippen molar-refractivity contribution in [3.63, 3.8) is 0 Å². The average molecular weight is 241 g/mol. The molecule has 0 spiro atoms. The van der Waals surface area contributed by atoms with Gasteiger partial charge >= 0.3 is 0 Å². The van der Waals surface area contributed by atoms with Crippen LogP contribution in [0.1, 0.15) is 40.5 Å². The molecule has 0 saturated carbocycles. The Labute approximate surface area is 105 Å². The van der Waals surface area contributed by atoms with E-state index in [0.717, 1.165) is 13.1 Å². The van der Waals surface area contributed by atoms with Gasteiger partial charge in [0.15, 0.2) is 0 Å². The van der Waals surface area contributed by atoms with Gasteiger partial charge in [0.2, 0.25) is 5.91 Å². The molecule has 0 aromatic heterocycles. The Morgan fingerprint density at radius 1 is 1.53 bits per heavy atom. The summed E-state index contributed by atoms with van der Waals surface area (Å²) in [6.45, 7) is 11.0. The molecule has 1 rings (SSSR count). The van der Waals surface area contributed by atoms with Gasteiger partial charge in [0.1, 0.15) is 0 Å². The van der Waals surface area contributed by atoms with E-state index in [0.29, 0.717) is 12.0 Å². The van der Waals surface area contributed by atoms with E-state index < -0.39 is 5.54 Å². The molecule has 1 unspecified atom stereocenters. The van der Waals surface area contributed by atoms with E-state index in [9.17, 15) is 4.79 Å². The summed E-state index contributed by atoms with van der Waals surface area (Å²) in [5.41, 5.74) is 4.98. The van der Waals surface area contributed by atoms with Gasteiger partial charge in [-0.2, -0.15) is 0 Å². The zero-order chi connectivity index (χ0) is 13.1. The quantitative estimate of drug-likeness (QED) is 0.771. The third-order valence-corrected chi connectivity index (χ3v) is 3.42. The van der Waals surface area contributed by atoms with Crippen LogP contribution < -0.4 is 11.1 Å². The smallest absolute Gasteiger partial charge is 0.239 e. The minimum Gasteiger partial charge on any atom is -0.354 e. The Morgan fingerprint density at radius 3 is 2.71 bits per heavy atom. The molecule has 100 valence electrons. The zero-order valence-corrected chi connectivity index (χ0v) is 11.6. The number of nitrogens with one attached hydrogen (secondary N) is 1. The van der Waals surface area contributed by atoms with Crippen LogP contribution in [-0.2, 0) is 4.79 Å². The minimum atomic E-state index is -0.771. The van der Waals surface area contributed by atoms with Crippen molar-refractivity contribution < 1.29 is 4.79 Å². The average Bonchev–Trinajstić information content (AvgIpc) is 2.25. The second-order valence-electron chi connectivity index (χ2n) is 6.03. The Hall–Kier alpha value is -0.610. The highest BCUT2D eigenvalue weighted by molar-refractivity contribution is 5.84. The highest BCUT2D eigenvalue weighted by Crippen LogP contribution is 2.17. The first kappa shape index (κ1) is 14.5. The number of nitrogens with two attached hydrogens (primary N) is 1. The number of nitrogens with zero attached hydrogens (tertiary/aromatic N) is 1. The van der Waals surface area contributed by atoms with E-state index in [2.05, 4.69) is 24.1 Å². The highest BCUT2D eigenvalue weighted by atomic mass is 16.2. The minimum absolute atomic E-state index is 0.0563. The summed E-state index contributed by atoms with van der Waals surface area (Å²) in [4.78, 5) is 14.2. The fourth-order valence-corrected chi connectivity index (χ4v) is 2.20. The Balaban J connectivity index is 2.35. The molecule has 0 radical (unpaired) electrons. The maximum Gasteiger partial charge on any atom is 0.239 e. The van der Waals surface area contributed by atoms with E-state index in [4.69, 9.17) is 5.73 Å². The molecule has 1 heterocycles. The number of likely N-dealkylation sites (tertiary alicyclic amines) is 1. The van der Waals surface area contributed by atoms with Crippen molar-refractivity contribution in [2.75, 3.05) is 19.6 Å². The summed E-state index contributed by atoms with van der Waals surface area (Å²) in [5.74, 6) is 0.511.